The highest BCUT2D eigenvalue weighted by atomic mass is 19.1. The minimum atomic E-state index is -0.477. The molecule has 0 saturated heterocycles. The highest BCUT2D eigenvalue weighted by Crippen LogP contribution is 2.28. The second-order valence-corrected chi connectivity index (χ2v) is 5.90. The van der Waals surface area contributed by atoms with Gasteiger partial charge in [-0.2, -0.15) is 0 Å². The van der Waals surface area contributed by atoms with Gasteiger partial charge in [0.25, 0.3) is 0 Å². The van der Waals surface area contributed by atoms with Crippen LogP contribution in [0.2, 0.25) is 0 Å². The Labute approximate surface area is 125 Å². The Morgan fingerprint density at radius 2 is 2.14 bits per heavy atom. The minimum Gasteiger partial charge on any atom is -0.393 e. The van der Waals surface area contributed by atoms with E-state index in [-0.39, 0.29) is 17.5 Å². The Morgan fingerprint density at radius 3 is 2.86 bits per heavy atom. The molecule has 0 amide bonds. The van der Waals surface area contributed by atoms with Crippen LogP contribution >= 0.6 is 0 Å². The summed E-state index contributed by atoms with van der Waals surface area (Å²) in [5.74, 6) is -0.353. The van der Waals surface area contributed by atoms with Crippen LogP contribution in [0.1, 0.15) is 55.8 Å². The van der Waals surface area contributed by atoms with Crippen LogP contribution in [0.3, 0.4) is 0 Å². The lowest BCUT2D eigenvalue weighted by Gasteiger charge is -2.27. The number of Topliss-reactive ketones (excluding diaryl/α,β-unsaturated/α-hetero) is 1. The van der Waals surface area contributed by atoms with Crippen LogP contribution in [0, 0.1) is 11.7 Å². The second-order valence-electron chi connectivity index (χ2n) is 5.90. The first-order valence-corrected chi connectivity index (χ1v) is 7.81. The van der Waals surface area contributed by atoms with Crippen LogP contribution in [0.15, 0.2) is 18.2 Å². The number of benzene rings is 1. The lowest BCUT2D eigenvalue weighted by molar-refractivity contribution is 0.0648. The molecule has 21 heavy (non-hydrogen) atoms. The summed E-state index contributed by atoms with van der Waals surface area (Å²) in [5.41, 5.74) is 0.696. The number of carbonyl (C=O) groups is 1. The van der Waals surface area contributed by atoms with Crippen LogP contribution in [0.4, 0.5) is 10.1 Å². The van der Waals surface area contributed by atoms with E-state index in [0.29, 0.717) is 18.2 Å². The second kappa shape index (κ2) is 7.55. The molecule has 2 atom stereocenters. The molecule has 0 heterocycles. The van der Waals surface area contributed by atoms with Crippen LogP contribution in [0.25, 0.3) is 0 Å². The topological polar surface area (TPSA) is 49.3 Å². The summed E-state index contributed by atoms with van der Waals surface area (Å²) in [4.78, 5) is 11.5. The third-order valence-corrected chi connectivity index (χ3v) is 4.30. The van der Waals surface area contributed by atoms with Gasteiger partial charge in [0.05, 0.1) is 11.7 Å². The summed E-state index contributed by atoms with van der Waals surface area (Å²) in [7, 11) is 0. The molecule has 1 aliphatic rings. The SMILES string of the molecule is CC(=O)c1c(F)cccc1NCCCC1CCCCC1O. The molecule has 0 aromatic heterocycles. The van der Waals surface area contributed by atoms with Crippen molar-refractivity contribution in [3.05, 3.63) is 29.6 Å². The van der Waals surface area contributed by atoms with E-state index in [0.717, 1.165) is 32.1 Å². The minimum absolute atomic E-state index is 0.134. The average molecular weight is 293 g/mol. The molecule has 2 N–H and O–H groups in total. The standard InChI is InChI=1S/C17H24FNO2/c1-12(20)17-14(18)8-4-9-15(17)19-11-5-7-13-6-2-3-10-16(13)21/h4,8-9,13,16,19,21H,2-3,5-7,10-11H2,1H3. The van der Waals surface area contributed by atoms with Crippen molar-refractivity contribution in [3.8, 4) is 0 Å². The van der Waals surface area contributed by atoms with E-state index >= 15 is 0 Å². The molecule has 1 aliphatic carbocycles. The Bertz CT molecular complexity index is 490. The number of rotatable bonds is 6. The molecule has 1 fully saturated rings. The number of aliphatic hydroxyl groups excluding tert-OH is 1. The van der Waals surface area contributed by atoms with Crippen LogP contribution in [0.5, 0.6) is 0 Å². The van der Waals surface area contributed by atoms with Crippen molar-refractivity contribution in [3.63, 3.8) is 0 Å². The van der Waals surface area contributed by atoms with Gasteiger partial charge in [0, 0.05) is 12.2 Å². The van der Waals surface area contributed by atoms with Gasteiger partial charge in [-0.25, -0.2) is 4.39 Å². The average Bonchev–Trinajstić information content (AvgIpc) is 2.45. The summed E-state index contributed by atoms with van der Waals surface area (Å²) < 4.78 is 13.7. The van der Waals surface area contributed by atoms with Gasteiger partial charge >= 0.3 is 0 Å². The molecule has 3 nitrogen and oxygen atoms in total. The summed E-state index contributed by atoms with van der Waals surface area (Å²) in [5, 5.41) is 13.1. The fraction of sp³-hybridized carbons (Fsp3) is 0.588. The van der Waals surface area contributed by atoms with Gasteiger partial charge < -0.3 is 10.4 Å². The number of aliphatic hydroxyl groups is 1. The van der Waals surface area contributed by atoms with Crippen molar-refractivity contribution in [2.75, 3.05) is 11.9 Å². The first kappa shape index (κ1) is 16.0. The molecular weight excluding hydrogens is 269 g/mol. The number of carbonyl (C=O) groups excluding carboxylic acids is 1. The van der Waals surface area contributed by atoms with Crippen molar-refractivity contribution >= 4 is 11.5 Å². The molecule has 0 bridgehead atoms. The quantitative estimate of drug-likeness (QED) is 0.620. The van der Waals surface area contributed by atoms with Gasteiger partial charge in [-0.1, -0.05) is 18.9 Å². The molecule has 1 aromatic rings. The van der Waals surface area contributed by atoms with E-state index in [9.17, 15) is 14.3 Å². The monoisotopic (exact) mass is 293 g/mol. The Morgan fingerprint density at radius 1 is 1.38 bits per heavy atom. The third kappa shape index (κ3) is 4.27. The van der Waals surface area contributed by atoms with Crippen molar-refractivity contribution in [2.45, 2.75) is 51.6 Å². The molecule has 1 aromatic carbocycles. The maximum atomic E-state index is 13.7. The van der Waals surface area contributed by atoms with E-state index in [4.69, 9.17) is 0 Å². The highest BCUT2D eigenvalue weighted by molar-refractivity contribution is 5.99. The maximum Gasteiger partial charge on any atom is 0.164 e. The zero-order valence-corrected chi connectivity index (χ0v) is 12.6. The number of anilines is 1. The number of ketones is 1. The lowest BCUT2D eigenvalue weighted by Crippen LogP contribution is -2.24. The zero-order valence-electron chi connectivity index (χ0n) is 12.6. The Balaban J connectivity index is 1.84. The largest absolute Gasteiger partial charge is 0.393 e. The van der Waals surface area contributed by atoms with Crippen LogP contribution < -0.4 is 5.32 Å². The van der Waals surface area contributed by atoms with Crippen molar-refractivity contribution in [1.29, 1.82) is 0 Å². The normalized spacial score (nSPS) is 22.0. The number of hydrogen-bond donors (Lipinski definition) is 2. The van der Waals surface area contributed by atoms with Gasteiger partial charge in [0.1, 0.15) is 5.82 Å². The number of hydrogen-bond acceptors (Lipinski definition) is 3. The van der Waals surface area contributed by atoms with Gasteiger partial charge in [-0.05, 0) is 50.7 Å². The number of halogens is 1. The molecule has 2 unspecified atom stereocenters. The third-order valence-electron chi connectivity index (χ3n) is 4.30. The smallest absolute Gasteiger partial charge is 0.164 e. The van der Waals surface area contributed by atoms with Gasteiger partial charge in [-0.15, -0.1) is 0 Å². The molecule has 1 saturated carbocycles. The summed E-state index contributed by atoms with van der Waals surface area (Å²) in [6.07, 6.45) is 6.06. The predicted octanol–water partition coefficient (Wildman–Crippen LogP) is 3.77. The molecule has 0 aliphatic heterocycles. The molecule has 0 radical (unpaired) electrons. The summed E-state index contributed by atoms with van der Waals surface area (Å²) >= 11 is 0. The van der Waals surface area contributed by atoms with Crippen LogP contribution in [-0.4, -0.2) is 23.5 Å². The van der Waals surface area contributed by atoms with E-state index < -0.39 is 5.82 Å². The molecule has 0 spiro atoms. The van der Waals surface area contributed by atoms with Gasteiger partial charge in [0.2, 0.25) is 0 Å². The van der Waals surface area contributed by atoms with Crippen molar-refractivity contribution in [2.24, 2.45) is 5.92 Å². The highest BCUT2D eigenvalue weighted by Gasteiger charge is 2.22. The molecule has 116 valence electrons. The summed E-state index contributed by atoms with van der Waals surface area (Å²) in [6, 6.07) is 4.64. The molecule has 2 rings (SSSR count). The first-order valence-electron chi connectivity index (χ1n) is 7.81. The molecule has 4 heteroatoms. The zero-order chi connectivity index (χ0) is 15.2. The number of nitrogens with one attached hydrogen (secondary N) is 1. The van der Waals surface area contributed by atoms with Gasteiger partial charge in [0.15, 0.2) is 5.78 Å². The Hall–Kier alpha value is -1.42. The predicted molar refractivity (Wildman–Crippen MR) is 82.1 cm³/mol. The van der Waals surface area contributed by atoms with Crippen molar-refractivity contribution < 1.29 is 14.3 Å². The molecular formula is C17H24FNO2. The summed E-state index contributed by atoms with van der Waals surface area (Å²) in [6.45, 7) is 2.06. The lowest BCUT2D eigenvalue weighted by atomic mass is 9.83. The first-order chi connectivity index (χ1) is 10.1. The fourth-order valence-electron chi connectivity index (χ4n) is 3.14. The fourth-order valence-corrected chi connectivity index (χ4v) is 3.14. The van der Waals surface area contributed by atoms with E-state index in [1.54, 1.807) is 12.1 Å². The van der Waals surface area contributed by atoms with E-state index in [2.05, 4.69) is 5.32 Å². The van der Waals surface area contributed by atoms with Crippen molar-refractivity contribution in [1.82, 2.24) is 0 Å². The van der Waals surface area contributed by atoms with E-state index in [1.807, 2.05) is 0 Å². The van der Waals surface area contributed by atoms with Gasteiger partial charge in [-0.3, -0.25) is 4.79 Å². The van der Waals surface area contributed by atoms with Crippen LogP contribution in [-0.2, 0) is 0 Å². The van der Waals surface area contributed by atoms with E-state index in [1.165, 1.54) is 19.4 Å². The maximum absolute atomic E-state index is 13.7. The Kier molecular flexibility index (Phi) is 5.74.